The first kappa shape index (κ1) is 12.8. The van der Waals surface area contributed by atoms with E-state index in [0.717, 1.165) is 17.8 Å². The lowest BCUT2D eigenvalue weighted by Crippen LogP contribution is -2.21. The lowest BCUT2D eigenvalue weighted by Gasteiger charge is -2.11. The van der Waals surface area contributed by atoms with Gasteiger partial charge in [0.1, 0.15) is 11.1 Å². The molecule has 88 valence electrons. The van der Waals surface area contributed by atoms with Gasteiger partial charge in [-0.25, -0.2) is 4.39 Å². The molecule has 0 saturated heterocycles. The first-order chi connectivity index (χ1) is 7.54. The van der Waals surface area contributed by atoms with Crippen LogP contribution in [0.3, 0.4) is 0 Å². The maximum Gasteiger partial charge on any atom is 0.319 e. The van der Waals surface area contributed by atoms with Crippen molar-refractivity contribution in [2.75, 3.05) is 19.5 Å². The zero-order valence-corrected chi connectivity index (χ0v) is 9.46. The minimum Gasteiger partial charge on any atom is -0.480 e. The fourth-order valence-corrected chi connectivity index (χ4v) is 2.00. The van der Waals surface area contributed by atoms with Crippen LogP contribution in [0.15, 0.2) is 23.1 Å². The highest BCUT2D eigenvalue weighted by Crippen LogP contribution is 2.27. The van der Waals surface area contributed by atoms with Crippen LogP contribution >= 0.6 is 11.8 Å². The molecule has 0 aliphatic carbocycles. The smallest absolute Gasteiger partial charge is 0.319 e. The number of hydrogen-bond acceptors (Lipinski definition) is 4. The summed E-state index contributed by atoms with van der Waals surface area (Å²) in [6.07, 6.45) is 0. The number of methoxy groups -OCH3 is 1. The molecule has 16 heavy (non-hydrogen) atoms. The number of aliphatic carboxylic acids is 1. The maximum absolute atomic E-state index is 13.4. The lowest BCUT2D eigenvalue weighted by molar-refractivity contribution is -0.137. The number of benzene rings is 1. The molecule has 0 fully saturated rings. The van der Waals surface area contributed by atoms with Crippen molar-refractivity contribution in [1.82, 2.24) is 0 Å². The van der Waals surface area contributed by atoms with Gasteiger partial charge in [0.2, 0.25) is 0 Å². The minimum atomic E-state index is -1.04. The van der Waals surface area contributed by atoms with E-state index in [0.29, 0.717) is 5.69 Å². The first-order valence-electron chi connectivity index (χ1n) is 4.48. The topological polar surface area (TPSA) is 72.5 Å². The fourth-order valence-electron chi connectivity index (χ4n) is 1.07. The maximum atomic E-state index is 13.4. The minimum absolute atomic E-state index is 0.0177. The summed E-state index contributed by atoms with van der Waals surface area (Å²) in [5.74, 6) is -1.56. The highest BCUT2D eigenvalue weighted by molar-refractivity contribution is 8.00. The molecule has 1 unspecified atom stereocenters. The highest BCUT2D eigenvalue weighted by atomic mass is 32.2. The molecule has 0 heterocycles. The summed E-state index contributed by atoms with van der Waals surface area (Å²) >= 11 is 0.902. The Balaban J connectivity index is 2.81. The van der Waals surface area contributed by atoms with Crippen molar-refractivity contribution < 1.29 is 19.0 Å². The Labute approximate surface area is 96.6 Å². The van der Waals surface area contributed by atoms with E-state index in [4.69, 9.17) is 15.6 Å². The Bertz CT molecular complexity index is 386. The first-order valence-corrected chi connectivity index (χ1v) is 5.36. The number of ether oxygens (including phenoxy) is 1. The summed E-state index contributed by atoms with van der Waals surface area (Å²) in [7, 11) is 1.40. The van der Waals surface area contributed by atoms with E-state index in [9.17, 15) is 9.18 Å². The van der Waals surface area contributed by atoms with Crippen molar-refractivity contribution in [2.45, 2.75) is 10.1 Å². The van der Waals surface area contributed by atoms with Gasteiger partial charge in [-0.15, -0.1) is 11.8 Å². The van der Waals surface area contributed by atoms with Gasteiger partial charge in [0, 0.05) is 17.7 Å². The fraction of sp³-hybridized carbons (Fsp3) is 0.300. The molecular formula is C10H12FNO3S. The zero-order valence-electron chi connectivity index (χ0n) is 8.64. The zero-order chi connectivity index (χ0) is 12.1. The van der Waals surface area contributed by atoms with E-state index in [1.165, 1.54) is 19.2 Å². The number of hydrogen-bond donors (Lipinski definition) is 2. The lowest BCUT2D eigenvalue weighted by atomic mass is 10.3. The van der Waals surface area contributed by atoms with Gasteiger partial charge >= 0.3 is 5.97 Å². The van der Waals surface area contributed by atoms with Crippen LogP contribution in [-0.2, 0) is 9.53 Å². The van der Waals surface area contributed by atoms with Gasteiger partial charge in [-0.1, -0.05) is 0 Å². The van der Waals surface area contributed by atoms with Crippen LogP contribution in [0.4, 0.5) is 10.1 Å². The quantitative estimate of drug-likeness (QED) is 0.609. The predicted octanol–water partition coefficient (Wildman–Crippen LogP) is 1.60. The summed E-state index contributed by atoms with van der Waals surface area (Å²) in [5.41, 5.74) is 5.69. The largest absolute Gasteiger partial charge is 0.480 e. The SMILES string of the molecule is COCC(Sc1ccc(N)cc1F)C(=O)O. The molecule has 0 saturated carbocycles. The number of carbonyl (C=O) groups is 1. The monoisotopic (exact) mass is 245 g/mol. The van der Waals surface area contributed by atoms with Crippen molar-refractivity contribution >= 4 is 23.4 Å². The molecule has 3 N–H and O–H groups in total. The highest BCUT2D eigenvalue weighted by Gasteiger charge is 2.20. The average Bonchev–Trinajstić information content (AvgIpc) is 2.20. The van der Waals surface area contributed by atoms with Gasteiger partial charge in [-0.05, 0) is 18.2 Å². The third-order valence-corrected chi connectivity index (χ3v) is 3.03. The number of thioether (sulfide) groups is 1. The molecule has 0 amide bonds. The third-order valence-electron chi connectivity index (χ3n) is 1.82. The Morgan fingerprint density at radius 3 is 2.88 bits per heavy atom. The van der Waals surface area contributed by atoms with Crippen molar-refractivity contribution in [3.8, 4) is 0 Å². The van der Waals surface area contributed by atoms with Gasteiger partial charge in [-0.2, -0.15) is 0 Å². The van der Waals surface area contributed by atoms with Gasteiger partial charge in [-0.3, -0.25) is 4.79 Å². The molecule has 6 heteroatoms. The molecule has 4 nitrogen and oxygen atoms in total. The molecule has 0 aromatic heterocycles. The molecule has 0 bridgehead atoms. The van der Waals surface area contributed by atoms with E-state index in [1.807, 2.05) is 0 Å². The molecule has 0 radical (unpaired) electrons. The van der Waals surface area contributed by atoms with Gasteiger partial charge in [0.15, 0.2) is 0 Å². The second-order valence-electron chi connectivity index (χ2n) is 3.09. The Kier molecular flexibility index (Phi) is 4.57. The molecule has 0 aliphatic heterocycles. The van der Waals surface area contributed by atoms with E-state index < -0.39 is 17.0 Å². The van der Waals surface area contributed by atoms with Crippen LogP contribution in [0.2, 0.25) is 0 Å². The second-order valence-corrected chi connectivity index (χ2v) is 4.33. The van der Waals surface area contributed by atoms with Crippen LogP contribution in [0.1, 0.15) is 0 Å². The summed E-state index contributed by atoms with van der Waals surface area (Å²) in [6, 6.07) is 4.14. The summed E-state index contributed by atoms with van der Waals surface area (Å²) in [6.45, 7) is 0.0177. The Morgan fingerprint density at radius 2 is 2.38 bits per heavy atom. The number of halogens is 1. The molecule has 0 spiro atoms. The molecule has 1 aromatic carbocycles. The molecule has 1 aromatic rings. The molecule has 1 atom stereocenters. The van der Waals surface area contributed by atoms with Crippen molar-refractivity contribution in [2.24, 2.45) is 0 Å². The molecular weight excluding hydrogens is 233 g/mol. The van der Waals surface area contributed by atoms with Crippen LogP contribution in [0.5, 0.6) is 0 Å². The standard InChI is InChI=1S/C10H12FNO3S/c1-15-5-9(10(13)14)16-8-3-2-6(12)4-7(8)11/h2-4,9H,5,12H2,1H3,(H,13,14). The van der Waals surface area contributed by atoms with E-state index >= 15 is 0 Å². The summed E-state index contributed by atoms with van der Waals surface area (Å²) in [5, 5.41) is 8.03. The van der Waals surface area contributed by atoms with E-state index in [-0.39, 0.29) is 11.5 Å². The Hall–Kier alpha value is -1.27. The Morgan fingerprint density at radius 1 is 1.69 bits per heavy atom. The van der Waals surface area contributed by atoms with Gasteiger partial charge in [0.05, 0.1) is 6.61 Å². The number of carboxylic acid groups (broad SMARTS) is 1. The number of carboxylic acids is 1. The molecule has 0 aliphatic rings. The van der Waals surface area contributed by atoms with E-state index in [1.54, 1.807) is 0 Å². The van der Waals surface area contributed by atoms with Gasteiger partial charge in [0.25, 0.3) is 0 Å². The normalized spacial score (nSPS) is 12.4. The van der Waals surface area contributed by atoms with E-state index in [2.05, 4.69) is 0 Å². The summed E-state index contributed by atoms with van der Waals surface area (Å²) in [4.78, 5) is 11.1. The van der Waals surface area contributed by atoms with Crippen LogP contribution in [0, 0.1) is 5.82 Å². The van der Waals surface area contributed by atoms with Crippen molar-refractivity contribution in [3.63, 3.8) is 0 Å². The van der Waals surface area contributed by atoms with Crippen molar-refractivity contribution in [1.29, 1.82) is 0 Å². The number of nitrogen functional groups attached to an aromatic ring is 1. The van der Waals surface area contributed by atoms with Gasteiger partial charge < -0.3 is 15.6 Å². The second kappa shape index (κ2) is 5.72. The summed E-state index contributed by atoms with van der Waals surface area (Å²) < 4.78 is 18.1. The van der Waals surface area contributed by atoms with Crippen LogP contribution < -0.4 is 5.73 Å². The number of rotatable bonds is 5. The van der Waals surface area contributed by atoms with Crippen LogP contribution in [0.25, 0.3) is 0 Å². The number of nitrogens with two attached hydrogens (primary N) is 1. The van der Waals surface area contributed by atoms with Crippen molar-refractivity contribution in [3.05, 3.63) is 24.0 Å². The third kappa shape index (κ3) is 3.39. The molecule has 1 rings (SSSR count). The predicted molar refractivity (Wildman–Crippen MR) is 60.0 cm³/mol. The van der Waals surface area contributed by atoms with Crippen LogP contribution in [-0.4, -0.2) is 30.0 Å². The average molecular weight is 245 g/mol. The number of anilines is 1.